The lowest BCUT2D eigenvalue weighted by Gasteiger charge is -2.17. The van der Waals surface area contributed by atoms with Gasteiger partial charge in [0.2, 0.25) is 0 Å². The van der Waals surface area contributed by atoms with Crippen LogP contribution in [0.15, 0.2) is 62.3 Å². The van der Waals surface area contributed by atoms with Crippen LogP contribution in [0, 0.1) is 6.92 Å². The number of rotatable bonds is 3. The van der Waals surface area contributed by atoms with E-state index in [1.54, 1.807) is 19.1 Å². The first-order valence-electron chi connectivity index (χ1n) is 9.82. The second-order valence-corrected chi connectivity index (χ2v) is 7.72. The molecule has 7 heteroatoms. The Bertz CT molecular complexity index is 1260. The molecule has 0 atom stereocenters. The second-order valence-electron chi connectivity index (χ2n) is 7.72. The molecular formula is C23H22ClN3O3. The predicted octanol–water partition coefficient (Wildman–Crippen LogP) is 4.97. The van der Waals surface area contributed by atoms with Gasteiger partial charge >= 0.3 is 0 Å². The van der Waals surface area contributed by atoms with E-state index in [9.17, 15) is 4.79 Å². The summed E-state index contributed by atoms with van der Waals surface area (Å²) in [5.74, 6) is 1.37. The molecule has 0 saturated heterocycles. The summed E-state index contributed by atoms with van der Waals surface area (Å²) in [5, 5.41) is 4.63. The highest BCUT2D eigenvalue weighted by molar-refractivity contribution is 5.91. The summed E-state index contributed by atoms with van der Waals surface area (Å²) in [6, 6.07) is 15.0. The van der Waals surface area contributed by atoms with Crippen molar-refractivity contribution in [3.63, 3.8) is 0 Å². The molecule has 6 nitrogen and oxygen atoms in total. The molecule has 2 aromatic carbocycles. The van der Waals surface area contributed by atoms with Crippen LogP contribution in [0.25, 0.3) is 33.7 Å². The summed E-state index contributed by atoms with van der Waals surface area (Å²) in [7, 11) is 0. The van der Waals surface area contributed by atoms with Crippen LogP contribution in [-0.2, 0) is 5.54 Å². The largest absolute Gasteiger partial charge is 0.455 e. The number of halogens is 1. The zero-order valence-corrected chi connectivity index (χ0v) is 17.4. The van der Waals surface area contributed by atoms with Gasteiger partial charge in [-0.15, -0.1) is 12.4 Å². The topological polar surface area (TPSA) is 95.2 Å². The van der Waals surface area contributed by atoms with Gasteiger partial charge in [-0.1, -0.05) is 54.4 Å². The average Bonchev–Trinajstić information content (AvgIpc) is 3.41. The van der Waals surface area contributed by atoms with Gasteiger partial charge in [-0.3, -0.25) is 4.79 Å². The van der Waals surface area contributed by atoms with E-state index in [-0.39, 0.29) is 17.8 Å². The lowest BCUT2D eigenvalue weighted by Crippen LogP contribution is -2.34. The molecule has 2 N–H and O–H groups in total. The summed E-state index contributed by atoms with van der Waals surface area (Å²) in [6.07, 6.45) is 3.80. The SMILES string of the molecule is Cc1c(-c2ccccc2)oc2c(-c3nc(C4(N)CCCC4)no3)cccc2c1=O.Cl. The van der Waals surface area contributed by atoms with Gasteiger partial charge in [0, 0.05) is 11.1 Å². The quantitative estimate of drug-likeness (QED) is 0.500. The van der Waals surface area contributed by atoms with E-state index in [4.69, 9.17) is 14.7 Å². The molecular weight excluding hydrogens is 402 g/mol. The zero-order valence-electron chi connectivity index (χ0n) is 16.6. The van der Waals surface area contributed by atoms with Crippen molar-refractivity contribution < 1.29 is 8.94 Å². The highest BCUT2D eigenvalue weighted by Gasteiger charge is 2.36. The first kappa shape index (κ1) is 20.3. The Morgan fingerprint density at radius 1 is 1.03 bits per heavy atom. The Morgan fingerprint density at radius 3 is 2.50 bits per heavy atom. The van der Waals surface area contributed by atoms with Gasteiger partial charge in [0.25, 0.3) is 5.89 Å². The summed E-state index contributed by atoms with van der Waals surface area (Å²) in [6.45, 7) is 1.78. The van der Waals surface area contributed by atoms with Crippen molar-refractivity contribution in [2.45, 2.75) is 38.1 Å². The lowest BCUT2D eigenvalue weighted by atomic mass is 9.98. The molecule has 1 aliphatic rings. The number of hydrogen-bond donors (Lipinski definition) is 1. The summed E-state index contributed by atoms with van der Waals surface area (Å²) >= 11 is 0. The van der Waals surface area contributed by atoms with E-state index < -0.39 is 5.54 Å². The van der Waals surface area contributed by atoms with Crippen molar-refractivity contribution in [2.75, 3.05) is 0 Å². The molecule has 0 amide bonds. The molecule has 4 aromatic rings. The van der Waals surface area contributed by atoms with Crippen LogP contribution >= 0.6 is 12.4 Å². The van der Waals surface area contributed by atoms with Crippen LogP contribution < -0.4 is 11.2 Å². The zero-order chi connectivity index (χ0) is 20.0. The van der Waals surface area contributed by atoms with Crippen molar-refractivity contribution in [2.24, 2.45) is 5.73 Å². The van der Waals surface area contributed by atoms with Crippen LogP contribution in [0.3, 0.4) is 0 Å². The normalized spacial score (nSPS) is 15.3. The van der Waals surface area contributed by atoms with E-state index in [1.165, 1.54) is 0 Å². The smallest absolute Gasteiger partial charge is 0.261 e. The Balaban J connectivity index is 0.00000218. The van der Waals surface area contributed by atoms with E-state index >= 15 is 0 Å². The number of fused-ring (bicyclic) bond motifs is 1. The molecule has 1 fully saturated rings. The van der Waals surface area contributed by atoms with Crippen molar-refractivity contribution in [3.8, 4) is 22.8 Å². The van der Waals surface area contributed by atoms with Crippen LogP contribution in [-0.4, -0.2) is 10.1 Å². The van der Waals surface area contributed by atoms with E-state index in [0.29, 0.717) is 39.6 Å². The highest BCUT2D eigenvalue weighted by atomic mass is 35.5. The monoisotopic (exact) mass is 423 g/mol. The van der Waals surface area contributed by atoms with Crippen molar-refractivity contribution in [1.82, 2.24) is 10.1 Å². The minimum atomic E-state index is -0.543. The molecule has 0 spiro atoms. The van der Waals surface area contributed by atoms with Gasteiger partial charge in [-0.05, 0) is 31.9 Å². The molecule has 2 heterocycles. The van der Waals surface area contributed by atoms with Gasteiger partial charge < -0.3 is 14.7 Å². The Hall–Kier alpha value is -2.96. The van der Waals surface area contributed by atoms with E-state index in [2.05, 4.69) is 10.1 Å². The van der Waals surface area contributed by atoms with Crippen LogP contribution in [0.4, 0.5) is 0 Å². The fraction of sp³-hybridized carbons (Fsp3) is 0.261. The maximum Gasteiger partial charge on any atom is 0.261 e. The molecule has 30 heavy (non-hydrogen) atoms. The third-order valence-electron chi connectivity index (χ3n) is 5.78. The lowest BCUT2D eigenvalue weighted by molar-refractivity contribution is 0.372. The predicted molar refractivity (Wildman–Crippen MR) is 118 cm³/mol. The molecule has 0 radical (unpaired) electrons. The van der Waals surface area contributed by atoms with Gasteiger partial charge in [0.15, 0.2) is 16.8 Å². The van der Waals surface area contributed by atoms with Gasteiger partial charge in [0.05, 0.1) is 16.5 Å². The number of benzene rings is 2. The third-order valence-corrected chi connectivity index (χ3v) is 5.78. The first-order valence-corrected chi connectivity index (χ1v) is 9.82. The fourth-order valence-corrected chi connectivity index (χ4v) is 4.11. The van der Waals surface area contributed by atoms with E-state index in [1.807, 2.05) is 36.4 Å². The molecule has 1 aliphatic carbocycles. The molecule has 2 aromatic heterocycles. The van der Waals surface area contributed by atoms with Crippen molar-refractivity contribution in [3.05, 3.63) is 70.1 Å². The van der Waals surface area contributed by atoms with E-state index in [0.717, 1.165) is 31.2 Å². The van der Waals surface area contributed by atoms with Crippen molar-refractivity contribution >= 4 is 23.4 Å². The summed E-state index contributed by atoms with van der Waals surface area (Å²) < 4.78 is 11.8. The average molecular weight is 424 g/mol. The molecule has 0 unspecified atom stereocenters. The van der Waals surface area contributed by atoms with Gasteiger partial charge in [-0.2, -0.15) is 4.98 Å². The number of nitrogens with two attached hydrogens (primary N) is 1. The maximum atomic E-state index is 13.0. The maximum absolute atomic E-state index is 13.0. The Morgan fingerprint density at radius 2 is 1.77 bits per heavy atom. The number of hydrogen-bond acceptors (Lipinski definition) is 6. The number of para-hydroxylation sites is 1. The minimum absolute atomic E-state index is 0. The number of nitrogens with zero attached hydrogens (tertiary/aromatic N) is 2. The molecule has 1 saturated carbocycles. The highest BCUT2D eigenvalue weighted by Crippen LogP contribution is 2.37. The fourth-order valence-electron chi connectivity index (χ4n) is 4.11. The number of aromatic nitrogens is 2. The molecule has 0 bridgehead atoms. The van der Waals surface area contributed by atoms with Gasteiger partial charge in [-0.25, -0.2) is 0 Å². The van der Waals surface area contributed by atoms with Crippen molar-refractivity contribution in [1.29, 1.82) is 0 Å². The standard InChI is InChI=1S/C23H21N3O3.ClH/c1-14-18(27)16-10-7-11-17(20(16)28-19(14)15-8-3-2-4-9-15)21-25-22(26-29-21)23(24)12-5-6-13-23;/h2-4,7-11H,5-6,12-13,24H2,1H3;1H. The molecule has 5 rings (SSSR count). The Labute approximate surface area is 179 Å². The third kappa shape index (κ3) is 3.22. The second kappa shape index (κ2) is 7.70. The summed E-state index contributed by atoms with van der Waals surface area (Å²) in [4.78, 5) is 17.6. The molecule has 0 aliphatic heterocycles. The minimum Gasteiger partial charge on any atom is -0.455 e. The van der Waals surface area contributed by atoms with Crippen LogP contribution in [0.1, 0.15) is 37.1 Å². The van der Waals surface area contributed by atoms with Gasteiger partial charge in [0.1, 0.15) is 5.76 Å². The van der Waals surface area contributed by atoms with Crippen LogP contribution in [0.5, 0.6) is 0 Å². The summed E-state index contributed by atoms with van der Waals surface area (Å²) in [5.41, 5.74) is 8.30. The molecule has 154 valence electrons. The Kier molecular flexibility index (Phi) is 5.22. The first-order chi connectivity index (χ1) is 14.1. The van der Waals surface area contributed by atoms with Crippen LogP contribution in [0.2, 0.25) is 0 Å².